The molecule has 1 heterocycles. The lowest BCUT2D eigenvalue weighted by atomic mass is 10.1. The Morgan fingerprint density at radius 1 is 1.29 bits per heavy atom. The third-order valence-corrected chi connectivity index (χ3v) is 3.69. The molecule has 0 radical (unpaired) electrons. The first-order chi connectivity index (χ1) is 6.68. The molecule has 0 aliphatic carbocycles. The topological polar surface area (TPSA) is 38.9 Å². The van der Waals surface area contributed by atoms with Gasteiger partial charge in [0.15, 0.2) is 0 Å². The van der Waals surface area contributed by atoms with Crippen molar-refractivity contribution in [1.29, 1.82) is 0 Å². The quantitative estimate of drug-likeness (QED) is 0.676. The van der Waals surface area contributed by atoms with Crippen LogP contribution in [0.1, 0.15) is 5.56 Å². The van der Waals surface area contributed by atoms with Crippen molar-refractivity contribution in [2.24, 2.45) is 0 Å². The Balaban J connectivity index is 2.57. The van der Waals surface area contributed by atoms with E-state index in [0.29, 0.717) is 9.72 Å². The lowest BCUT2D eigenvalue weighted by Gasteiger charge is -2.01. The summed E-state index contributed by atoms with van der Waals surface area (Å²) in [6.07, 6.45) is 0. The largest absolute Gasteiger partial charge is 0.333 e. The summed E-state index contributed by atoms with van der Waals surface area (Å²) in [4.78, 5) is 4.19. The van der Waals surface area contributed by atoms with Crippen LogP contribution in [-0.2, 0) is 0 Å². The zero-order chi connectivity index (χ0) is 10.1. The van der Waals surface area contributed by atoms with Crippen LogP contribution >= 0.6 is 45.2 Å². The molecule has 5 heteroatoms. The fourth-order valence-electron chi connectivity index (χ4n) is 1.13. The van der Waals surface area contributed by atoms with Gasteiger partial charge in [-0.2, -0.15) is 4.98 Å². The second kappa shape index (κ2) is 4.13. The van der Waals surface area contributed by atoms with Gasteiger partial charge < -0.3 is 4.52 Å². The van der Waals surface area contributed by atoms with E-state index in [1.54, 1.807) is 0 Å². The van der Waals surface area contributed by atoms with Crippen LogP contribution in [0.2, 0.25) is 0 Å². The first kappa shape index (κ1) is 10.3. The van der Waals surface area contributed by atoms with Crippen LogP contribution in [0.15, 0.2) is 22.7 Å². The van der Waals surface area contributed by atoms with Gasteiger partial charge in [0, 0.05) is 26.2 Å². The molecule has 1 aromatic heterocycles. The highest BCUT2D eigenvalue weighted by molar-refractivity contribution is 14.1. The average molecular weight is 412 g/mol. The van der Waals surface area contributed by atoms with Crippen LogP contribution in [0, 0.1) is 14.3 Å². The van der Waals surface area contributed by atoms with Gasteiger partial charge in [-0.15, -0.1) is 0 Å². The normalized spacial score (nSPS) is 10.5. The van der Waals surface area contributed by atoms with E-state index in [4.69, 9.17) is 4.52 Å². The molecule has 0 atom stereocenters. The van der Waals surface area contributed by atoms with E-state index in [1.807, 2.05) is 34.7 Å². The first-order valence-electron chi connectivity index (χ1n) is 3.93. The second-order valence-electron chi connectivity index (χ2n) is 2.81. The summed E-state index contributed by atoms with van der Waals surface area (Å²) >= 11 is 4.32. The molecule has 0 bridgehead atoms. The van der Waals surface area contributed by atoms with Gasteiger partial charge in [-0.3, -0.25) is 0 Å². The molecule has 0 N–H and O–H groups in total. The number of aryl methyl sites for hydroxylation is 1. The molecule has 2 rings (SSSR count). The first-order valence-corrected chi connectivity index (χ1v) is 6.09. The Kier molecular flexibility index (Phi) is 3.05. The molecule has 0 spiro atoms. The minimum Gasteiger partial charge on any atom is -0.333 e. The van der Waals surface area contributed by atoms with E-state index in [2.05, 4.69) is 45.7 Å². The number of hydrogen-bond acceptors (Lipinski definition) is 3. The van der Waals surface area contributed by atoms with Crippen molar-refractivity contribution in [1.82, 2.24) is 10.1 Å². The lowest BCUT2D eigenvalue weighted by molar-refractivity contribution is 0.425. The number of hydrogen-bond donors (Lipinski definition) is 0. The van der Waals surface area contributed by atoms with Crippen molar-refractivity contribution in [2.45, 2.75) is 6.92 Å². The lowest BCUT2D eigenvalue weighted by Crippen LogP contribution is -1.86. The van der Waals surface area contributed by atoms with Gasteiger partial charge in [-0.1, -0.05) is 17.3 Å². The maximum atomic E-state index is 5.11. The van der Waals surface area contributed by atoms with E-state index in [0.717, 1.165) is 9.13 Å². The summed E-state index contributed by atoms with van der Waals surface area (Å²) in [5.41, 5.74) is 2.22. The highest BCUT2D eigenvalue weighted by Crippen LogP contribution is 2.26. The summed E-state index contributed by atoms with van der Waals surface area (Å²) in [6.45, 7) is 2.06. The van der Waals surface area contributed by atoms with Crippen molar-refractivity contribution >= 4 is 45.2 Å². The molecule has 3 nitrogen and oxygen atoms in total. The van der Waals surface area contributed by atoms with E-state index in [9.17, 15) is 0 Å². The molecule has 14 heavy (non-hydrogen) atoms. The minimum atomic E-state index is 0.586. The van der Waals surface area contributed by atoms with Gasteiger partial charge in [-0.25, -0.2) is 0 Å². The average Bonchev–Trinajstić information content (AvgIpc) is 2.57. The smallest absolute Gasteiger partial charge is 0.259 e. The van der Waals surface area contributed by atoms with E-state index >= 15 is 0 Å². The fourth-order valence-corrected chi connectivity index (χ4v) is 2.04. The second-order valence-corrected chi connectivity index (χ2v) is 4.85. The van der Waals surface area contributed by atoms with Gasteiger partial charge in [0.25, 0.3) is 5.89 Å². The van der Waals surface area contributed by atoms with Crippen LogP contribution in [0.3, 0.4) is 0 Å². The molecule has 0 saturated carbocycles. The predicted octanol–water partition coefficient (Wildman–Crippen LogP) is 3.25. The number of rotatable bonds is 1. The number of nitrogens with zero attached hydrogens (tertiary/aromatic N) is 2. The molecular formula is C9H6I2N2O. The third-order valence-electron chi connectivity index (χ3n) is 1.82. The highest BCUT2D eigenvalue weighted by Gasteiger charge is 2.11. The van der Waals surface area contributed by atoms with Crippen LogP contribution in [0.4, 0.5) is 0 Å². The zero-order valence-corrected chi connectivity index (χ0v) is 11.6. The molecular weight excluding hydrogens is 406 g/mol. The Morgan fingerprint density at radius 2 is 2.07 bits per heavy atom. The van der Waals surface area contributed by atoms with Gasteiger partial charge in [0.2, 0.25) is 3.83 Å². The van der Waals surface area contributed by atoms with Crippen molar-refractivity contribution < 1.29 is 4.52 Å². The Bertz CT molecular complexity index is 468. The molecule has 0 aliphatic rings. The summed E-state index contributed by atoms with van der Waals surface area (Å²) in [6, 6.07) is 6.04. The van der Waals surface area contributed by atoms with Crippen LogP contribution in [0.5, 0.6) is 0 Å². The molecule has 72 valence electrons. The van der Waals surface area contributed by atoms with Crippen LogP contribution in [0.25, 0.3) is 11.5 Å². The van der Waals surface area contributed by atoms with Crippen LogP contribution in [-0.4, -0.2) is 10.1 Å². The molecule has 2 aromatic rings. The maximum Gasteiger partial charge on any atom is 0.259 e. The standard InChI is InChI=1S/C9H6I2N2O/c1-5-3-2-4-6(7(5)10)8-12-9(11)13-14-8/h2-4H,1H3. The third kappa shape index (κ3) is 1.92. The van der Waals surface area contributed by atoms with Crippen molar-refractivity contribution in [3.8, 4) is 11.5 Å². The van der Waals surface area contributed by atoms with Crippen LogP contribution < -0.4 is 0 Å². The molecule has 0 amide bonds. The van der Waals surface area contributed by atoms with Gasteiger partial charge >= 0.3 is 0 Å². The fraction of sp³-hybridized carbons (Fsp3) is 0.111. The summed E-state index contributed by atoms with van der Waals surface area (Å²) in [5, 5.41) is 3.76. The maximum absolute atomic E-state index is 5.11. The van der Waals surface area contributed by atoms with Crippen molar-refractivity contribution in [3.63, 3.8) is 0 Å². The van der Waals surface area contributed by atoms with Crippen molar-refractivity contribution in [3.05, 3.63) is 31.2 Å². The Hall–Kier alpha value is -0.180. The summed E-state index contributed by atoms with van der Waals surface area (Å²) in [7, 11) is 0. The highest BCUT2D eigenvalue weighted by atomic mass is 127. The summed E-state index contributed by atoms with van der Waals surface area (Å²) in [5.74, 6) is 0.586. The van der Waals surface area contributed by atoms with E-state index < -0.39 is 0 Å². The van der Waals surface area contributed by atoms with Gasteiger partial charge in [-0.05, 0) is 41.1 Å². The molecule has 0 unspecified atom stereocenters. The monoisotopic (exact) mass is 412 g/mol. The van der Waals surface area contributed by atoms with Gasteiger partial charge in [0.1, 0.15) is 0 Å². The molecule has 0 aliphatic heterocycles. The molecule has 0 fully saturated rings. The van der Waals surface area contributed by atoms with Crippen molar-refractivity contribution in [2.75, 3.05) is 0 Å². The zero-order valence-electron chi connectivity index (χ0n) is 7.29. The predicted molar refractivity (Wildman–Crippen MR) is 69.9 cm³/mol. The Morgan fingerprint density at radius 3 is 2.71 bits per heavy atom. The molecule has 1 aromatic carbocycles. The number of benzene rings is 1. The molecule has 0 saturated heterocycles. The number of aromatic nitrogens is 2. The SMILES string of the molecule is Cc1cccc(-c2nc(I)no2)c1I. The minimum absolute atomic E-state index is 0.586. The Labute approximate surface area is 109 Å². The summed E-state index contributed by atoms with van der Waals surface area (Å²) < 4.78 is 6.90. The number of halogens is 2. The van der Waals surface area contributed by atoms with E-state index in [-0.39, 0.29) is 0 Å². The van der Waals surface area contributed by atoms with Gasteiger partial charge in [0.05, 0.1) is 5.56 Å². The van der Waals surface area contributed by atoms with E-state index in [1.165, 1.54) is 5.56 Å².